The van der Waals surface area contributed by atoms with Crippen LogP contribution in [0.1, 0.15) is 24.4 Å². The van der Waals surface area contributed by atoms with Crippen molar-refractivity contribution in [2.24, 2.45) is 0 Å². The lowest BCUT2D eigenvalue weighted by Gasteiger charge is -2.28. The Morgan fingerprint density at radius 2 is 2.12 bits per heavy atom. The van der Waals surface area contributed by atoms with E-state index in [0.717, 1.165) is 5.56 Å². The molecule has 0 radical (unpaired) electrons. The molecule has 1 aromatic rings. The average Bonchev–Trinajstić information content (AvgIpc) is 2.66. The number of nitrogens with zero attached hydrogens (tertiary/aromatic N) is 1. The van der Waals surface area contributed by atoms with E-state index in [1.807, 2.05) is 35.2 Å². The second kappa shape index (κ2) is 5.56. The van der Waals surface area contributed by atoms with Gasteiger partial charge in [0.25, 0.3) is 0 Å². The Morgan fingerprint density at radius 1 is 1.41 bits per heavy atom. The van der Waals surface area contributed by atoms with Gasteiger partial charge in [-0.2, -0.15) is 12.6 Å². The molecule has 0 spiro atoms. The summed E-state index contributed by atoms with van der Waals surface area (Å²) in [6, 6.07) is 9.84. The maximum absolute atomic E-state index is 11.9. The Morgan fingerprint density at radius 3 is 2.65 bits per heavy atom. The third-order valence-corrected chi connectivity index (χ3v) is 3.45. The summed E-state index contributed by atoms with van der Waals surface area (Å²) in [5.41, 5.74) is 1.08. The standard InChI is InChI=1S/C13H17NO2S/c15-7-6-12(10-4-2-1-3-5-10)14-9-11(17)8-13(14)16/h1-5,11-12,15,17H,6-9H2. The predicted molar refractivity (Wildman–Crippen MR) is 70.0 cm³/mol. The van der Waals surface area contributed by atoms with Crippen LogP contribution < -0.4 is 0 Å². The Kier molecular flexibility index (Phi) is 4.07. The summed E-state index contributed by atoms with van der Waals surface area (Å²) >= 11 is 4.36. The zero-order valence-corrected chi connectivity index (χ0v) is 10.5. The Bertz CT molecular complexity index is 382. The number of amides is 1. The van der Waals surface area contributed by atoms with E-state index in [1.165, 1.54) is 0 Å². The van der Waals surface area contributed by atoms with Gasteiger partial charge in [0, 0.05) is 24.8 Å². The molecule has 1 fully saturated rings. The molecule has 0 saturated carbocycles. The topological polar surface area (TPSA) is 40.5 Å². The first-order valence-electron chi connectivity index (χ1n) is 5.85. The van der Waals surface area contributed by atoms with Crippen LogP contribution in [0.4, 0.5) is 0 Å². The van der Waals surface area contributed by atoms with E-state index < -0.39 is 0 Å². The van der Waals surface area contributed by atoms with Crippen molar-refractivity contribution >= 4 is 18.5 Å². The second-order valence-corrected chi connectivity index (χ2v) is 5.07. The minimum absolute atomic E-state index is 0.0224. The van der Waals surface area contributed by atoms with Crippen molar-refractivity contribution < 1.29 is 9.90 Å². The molecule has 1 N–H and O–H groups in total. The van der Waals surface area contributed by atoms with Gasteiger partial charge in [-0.05, 0) is 12.0 Å². The van der Waals surface area contributed by atoms with Gasteiger partial charge >= 0.3 is 0 Å². The van der Waals surface area contributed by atoms with Crippen LogP contribution in [0.25, 0.3) is 0 Å². The molecule has 1 aliphatic heterocycles. The second-order valence-electron chi connectivity index (χ2n) is 4.34. The maximum Gasteiger partial charge on any atom is 0.224 e. The van der Waals surface area contributed by atoms with Gasteiger partial charge in [0.05, 0.1) is 6.04 Å². The monoisotopic (exact) mass is 251 g/mol. The van der Waals surface area contributed by atoms with Crippen LogP contribution in [0.2, 0.25) is 0 Å². The first kappa shape index (κ1) is 12.5. The molecule has 17 heavy (non-hydrogen) atoms. The minimum Gasteiger partial charge on any atom is -0.396 e. The number of aliphatic hydroxyl groups is 1. The zero-order chi connectivity index (χ0) is 12.3. The molecule has 3 nitrogen and oxygen atoms in total. The largest absolute Gasteiger partial charge is 0.396 e. The highest BCUT2D eigenvalue weighted by Gasteiger charge is 2.32. The van der Waals surface area contributed by atoms with Crippen molar-refractivity contribution in [3.8, 4) is 0 Å². The molecule has 0 aromatic heterocycles. The minimum atomic E-state index is -0.0224. The number of hydrogen-bond donors (Lipinski definition) is 2. The van der Waals surface area contributed by atoms with Crippen molar-refractivity contribution in [3.63, 3.8) is 0 Å². The van der Waals surface area contributed by atoms with Gasteiger partial charge < -0.3 is 10.0 Å². The highest BCUT2D eigenvalue weighted by atomic mass is 32.1. The molecule has 1 aliphatic rings. The lowest BCUT2D eigenvalue weighted by atomic mass is 10.0. The number of thiol groups is 1. The van der Waals surface area contributed by atoms with E-state index in [0.29, 0.717) is 19.4 Å². The van der Waals surface area contributed by atoms with Gasteiger partial charge in [-0.15, -0.1) is 0 Å². The maximum atomic E-state index is 11.9. The quantitative estimate of drug-likeness (QED) is 0.799. The third kappa shape index (κ3) is 2.82. The fourth-order valence-corrected chi connectivity index (χ4v) is 2.65. The van der Waals surface area contributed by atoms with E-state index >= 15 is 0 Å². The molecule has 2 atom stereocenters. The fourth-order valence-electron chi connectivity index (χ4n) is 2.31. The van der Waals surface area contributed by atoms with Crippen molar-refractivity contribution in [1.82, 2.24) is 4.90 Å². The van der Waals surface area contributed by atoms with Gasteiger partial charge in [-0.1, -0.05) is 30.3 Å². The van der Waals surface area contributed by atoms with Crippen molar-refractivity contribution in [2.75, 3.05) is 13.2 Å². The molecule has 1 heterocycles. The molecule has 1 saturated heterocycles. The summed E-state index contributed by atoms with van der Waals surface area (Å²) in [7, 11) is 0. The van der Waals surface area contributed by atoms with Gasteiger partial charge in [-0.3, -0.25) is 4.79 Å². The number of likely N-dealkylation sites (tertiary alicyclic amines) is 1. The molecule has 1 aromatic carbocycles. The first-order valence-corrected chi connectivity index (χ1v) is 6.37. The lowest BCUT2D eigenvalue weighted by molar-refractivity contribution is -0.130. The summed E-state index contributed by atoms with van der Waals surface area (Å²) in [5, 5.41) is 9.27. The van der Waals surface area contributed by atoms with Crippen LogP contribution in [-0.2, 0) is 4.79 Å². The number of carbonyl (C=O) groups excluding carboxylic acids is 1. The average molecular weight is 251 g/mol. The molecule has 92 valence electrons. The zero-order valence-electron chi connectivity index (χ0n) is 9.62. The lowest BCUT2D eigenvalue weighted by Crippen LogP contribution is -2.31. The van der Waals surface area contributed by atoms with E-state index in [-0.39, 0.29) is 23.8 Å². The molecule has 2 unspecified atom stereocenters. The molecule has 0 aliphatic carbocycles. The first-order chi connectivity index (χ1) is 8.22. The summed E-state index contributed by atoms with van der Waals surface area (Å²) in [6.45, 7) is 0.752. The Hall–Kier alpha value is -1.00. The number of carbonyl (C=O) groups is 1. The van der Waals surface area contributed by atoms with E-state index in [2.05, 4.69) is 12.6 Å². The van der Waals surface area contributed by atoms with Gasteiger partial charge in [0.2, 0.25) is 5.91 Å². The van der Waals surface area contributed by atoms with Crippen LogP contribution in [0.3, 0.4) is 0 Å². The van der Waals surface area contributed by atoms with Crippen LogP contribution in [0.5, 0.6) is 0 Å². The van der Waals surface area contributed by atoms with E-state index in [1.54, 1.807) is 0 Å². The van der Waals surface area contributed by atoms with Crippen LogP contribution >= 0.6 is 12.6 Å². The molecule has 1 amide bonds. The number of aliphatic hydroxyl groups excluding tert-OH is 1. The predicted octanol–water partition coefficient (Wildman–Crippen LogP) is 1.64. The van der Waals surface area contributed by atoms with Gasteiger partial charge in [0.1, 0.15) is 0 Å². The molecule has 4 heteroatoms. The summed E-state index contributed by atoms with van der Waals surface area (Å²) < 4.78 is 0. The molecule has 0 bridgehead atoms. The summed E-state index contributed by atoms with van der Waals surface area (Å²) in [6.07, 6.45) is 1.08. The highest BCUT2D eigenvalue weighted by molar-refractivity contribution is 7.81. The van der Waals surface area contributed by atoms with E-state index in [9.17, 15) is 4.79 Å². The van der Waals surface area contributed by atoms with E-state index in [4.69, 9.17) is 5.11 Å². The SMILES string of the molecule is O=C1CC(S)CN1C(CCO)c1ccccc1. The number of rotatable bonds is 4. The number of hydrogen-bond acceptors (Lipinski definition) is 3. The van der Waals surface area contributed by atoms with Crippen molar-refractivity contribution in [3.05, 3.63) is 35.9 Å². The smallest absolute Gasteiger partial charge is 0.224 e. The summed E-state index contributed by atoms with van der Waals surface area (Å²) in [4.78, 5) is 13.7. The summed E-state index contributed by atoms with van der Waals surface area (Å²) in [5.74, 6) is 0.132. The molecule has 2 rings (SSSR count). The van der Waals surface area contributed by atoms with Crippen molar-refractivity contribution in [2.45, 2.75) is 24.1 Å². The molecular weight excluding hydrogens is 234 g/mol. The van der Waals surface area contributed by atoms with Gasteiger partial charge in [-0.25, -0.2) is 0 Å². The van der Waals surface area contributed by atoms with Crippen LogP contribution in [0.15, 0.2) is 30.3 Å². The highest BCUT2D eigenvalue weighted by Crippen LogP contribution is 2.30. The van der Waals surface area contributed by atoms with Crippen LogP contribution in [-0.4, -0.2) is 34.3 Å². The normalized spacial score (nSPS) is 21.9. The fraction of sp³-hybridized carbons (Fsp3) is 0.462. The Balaban J connectivity index is 2.21. The number of benzene rings is 1. The van der Waals surface area contributed by atoms with Gasteiger partial charge in [0.15, 0.2) is 0 Å². The van der Waals surface area contributed by atoms with Crippen LogP contribution in [0, 0.1) is 0 Å². The van der Waals surface area contributed by atoms with Crippen molar-refractivity contribution in [1.29, 1.82) is 0 Å². The Labute approximate surface area is 107 Å². The molecular formula is C13H17NO2S. The third-order valence-electron chi connectivity index (χ3n) is 3.10.